The molecule has 2 heteroatoms. The first-order valence-electron chi connectivity index (χ1n) is 7.16. The lowest BCUT2D eigenvalue weighted by Gasteiger charge is -2.56. The number of allylic oxidation sites excluding steroid dienone is 2. The number of piperidine rings is 1. The predicted molar refractivity (Wildman–Crippen MR) is 74.0 cm³/mol. The van der Waals surface area contributed by atoms with E-state index in [9.17, 15) is 0 Å². The summed E-state index contributed by atoms with van der Waals surface area (Å²) in [6.45, 7) is 1.25. The second kappa shape index (κ2) is 3.89. The van der Waals surface area contributed by atoms with Crippen LogP contribution < -0.4 is 5.32 Å². The Hall–Kier alpha value is -0.210. The third-order valence-electron chi connectivity index (χ3n) is 5.44. The zero-order chi connectivity index (χ0) is 11.3. The lowest BCUT2D eigenvalue weighted by molar-refractivity contribution is 0.0488. The van der Waals surface area contributed by atoms with E-state index in [0.29, 0.717) is 5.41 Å². The molecule has 2 aliphatic heterocycles. The van der Waals surface area contributed by atoms with Crippen LogP contribution in [0.4, 0.5) is 0 Å². The van der Waals surface area contributed by atoms with Crippen LogP contribution >= 0.6 is 11.8 Å². The largest absolute Gasteiger partial charge is 0.313 e. The van der Waals surface area contributed by atoms with Crippen LogP contribution in [0.15, 0.2) is 22.6 Å². The highest BCUT2D eigenvalue weighted by molar-refractivity contribution is 8.03. The number of hydrogen-bond acceptors (Lipinski definition) is 2. The van der Waals surface area contributed by atoms with Crippen LogP contribution in [0.1, 0.15) is 38.5 Å². The van der Waals surface area contributed by atoms with E-state index in [0.717, 1.165) is 12.0 Å². The summed E-state index contributed by atoms with van der Waals surface area (Å²) in [5.74, 6) is 2.14. The fraction of sp³-hybridized carbons (Fsp3) is 0.733. The van der Waals surface area contributed by atoms with Gasteiger partial charge < -0.3 is 5.32 Å². The third kappa shape index (κ3) is 1.43. The molecular formula is C15H21NS. The second-order valence-corrected chi connectivity index (χ2v) is 7.19. The van der Waals surface area contributed by atoms with E-state index in [-0.39, 0.29) is 0 Å². The third-order valence-corrected chi connectivity index (χ3v) is 6.54. The van der Waals surface area contributed by atoms with Crippen molar-refractivity contribution in [3.8, 4) is 0 Å². The van der Waals surface area contributed by atoms with Crippen molar-refractivity contribution >= 4 is 11.8 Å². The van der Waals surface area contributed by atoms with Crippen LogP contribution in [-0.4, -0.2) is 18.3 Å². The highest BCUT2D eigenvalue weighted by Crippen LogP contribution is 2.59. The Labute approximate surface area is 108 Å². The van der Waals surface area contributed by atoms with Crippen molar-refractivity contribution in [2.24, 2.45) is 11.3 Å². The van der Waals surface area contributed by atoms with Gasteiger partial charge in [-0.15, -0.1) is 11.8 Å². The van der Waals surface area contributed by atoms with Crippen LogP contribution in [0, 0.1) is 11.3 Å². The van der Waals surface area contributed by atoms with E-state index in [1.54, 1.807) is 10.5 Å². The van der Waals surface area contributed by atoms with Gasteiger partial charge in [0.05, 0.1) is 0 Å². The van der Waals surface area contributed by atoms with Gasteiger partial charge in [0.2, 0.25) is 0 Å². The first-order valence-corrected chi connectivity index (χ1v) is 8.15. The monoisotopic (exact) mass is 247 g/mol. The summed E-state index contributed by atoms with van der Waals surface area (Å²) in [5.41, 5.74) is 2.34. The average Bonchev–Trinajstić information content (AvgIpc) is 2.39. The molecule has 1 saturated carbocycles. The van der Waals surface area contributed by atoms with Gasteiger partial charge in [-0.2, -0.15) is 0 Å². The lowest BCUT2D eigenvalue weighted by atomic mass is 9.54. The van der Waals surface area contributed by atoms with E-state index in [1.165, 1.54) is 50.8 Å². The molecule has 1 saturated heterocycles. The van der Waals surface area contributed by atoms with Crippen molar-refractivity contribution in [3.63, 3.8) is 0 Å². The van der Waals surface area contributed by atoms with Crippen molar-refractivity contribution in [3.05, 3.63) is 22.6 Å². The Bertz CT molecular complexity index is 394. The van der Waals surface area contributed by atoms with Crippen molar-refractivity contribution < 1.29 is 0 Å². The average molecular weight is 247 g/mol. The Morgan fingerprint density at radius 2 is 2.29 bits per heavy atom. The van der Waals surface area contributed by atoms with Gasteiger partial charge in [0, 0.05) is 17.2 Å². The maximum absolute atomic E-state index is 3.81. The Morgan fingerprint density at radius 1 is 1.29 bits per heavy atom. The molecule has 0 amide bonds. The molecule has 17 heavy (non-hydrogen) atoms. The summed E-state index contributed by atoms with van der Waals surface area (Å²) in [6, 6.07) is 0.793. The van der Waals surface area contributed by atoms with Crippen LogP contribution in [0.3, 0.4) is 0 Å². The normalized spacial score (nSPS) is 44.2. The molecule has 1 nitrogen and oxygen atoms in total. The summed E-state index contributed by atoms with van der Waals surface area (Å²) in [6.07, 6.45) is 13.4. The highest BCUT2D eigenvalue weighted by atomic mass is 32.2. The van der Waals surface area contributed by atoms with Gasteiger partial charge in [-0.05, 0) is 48.6 Å². The molecule has 2 bridgehead atoms. The number of nitrogens with one attached hydrogen (secondary N) is 1. The van der Waals surface area contributed by atoms with Crippen LogP contribution in [0.2, 0.25) is 0 Å². The second-order valence-electron chi connectivity index (χ2n) is 6.07. The first-order chi connectivity index (χ1) is 8.40. The first kappa shape index (κ1) is 10.7. The minimum atomic E-state index is 0.575. The molecule has 92 valence electrons. The fourth-order valence-corrected chi connectivity index (χ4v) is 5.88. The van der Waals surface area contributed by atoms with Crippen LogP contribution in [0.5, 0.6) is 0 Å². The number of thioether (sulfide) groups is 1. The van der Waals surface area contributed by atoms with E-state index in [4.69, 9.17) is 0 Å². The molecule has 2 aliphatic carbocycles. The van der Waals surface area contributed by atoms with Gasteiger partial charge in [-0.1, -0.05) is 25.0 Å². The van der Waals surface area contributed by atoms with Crippen LogP contribution in [0.25, 0.3) is 0 Å². The molecule has 2 fully saturated rings. The quantitative estimate of drug-likeness (QED) is 0.703. The molecule has 0 spiro atoms. The van der Waals surface area contributed by atoms with Crippen molar-refractivity contribution in [2.75, 3.05) is 12.3 Å². The smallest absolute Gasteiger partial charge is 0.0160 e. The van der Waals surface area contributed by atoms with Crippen molar-refractivity contribution in [1.82, 2.24) is 5.32 Å². The van der Waals surface area contributed by atoms with E-state index in [2.05, 4.69) is 29.2 Å². The molecule has 0 radical (unpaired) electrons. The Morgan fingerprint density at radius 3 is 3.29 bits per heavy atom. The minimum absolute atomic E-state index is 0.575. The standard InChI is InChI=1S/C15H21NS/c1-2-6-15-7-8-16-13(11(15)4-1)10-14-12(15)5-3-9-17-14/h3,5,11,13,16H,1-2,4,6-10H2/t11-,13+,15+/m0/s1. The lowest BCUT2D eigenvalue weighted by Crippen LogP contribution is -2.56. The summed E-state index contributed by atoms with van der Waals surface area (Å²) in [4.78, 5) is 1.72. The van der Waals surface area contributed by atoms with E-state index in [1.807, 2.05) is 0 Å². The fourth-order valence-electron chi connectivity index (χ4n) is 4.77. The number of hydrogen-bond donors (Lipinski definition) is 1. The zero-order valence-electron chi connectivity index (χ0n) is 10.4. The summed E-state index contributed by atoms with van der Waals surface area (Å²) in [5, 5.41) is 3.81. The molecule has 3 atom stereocenters. The van der Waals surface area contributed by atoms with Gasteiger partial charge >= 0.3 is 0 Å². The molecule has 0 aromatic carbocycles. The molecular weight excluding hydrogens is 226 g/mol. The summed E-state index contributed by atoms with van der Waals surface area (Å²) >= 11 is 2.11. The minimum Gasteiger partial charge on any atom is -0.313 e. The van der Waals surface area contributed by atoms with Crippen LogP contribution in [-0.2, 0) is 0 Å². The Balaban J connectivity index is 1.85. The van der Waals surface area contributed by atoms with Gasteiger partial charge in [0.15, 0.2) is 0 Å². The summed E-state index contributed by atoms with van der Waals surface area (Å²) < 4.78 is 0. The maximum Gasteiger partial charge on any atom is 0.0160 e. The zero-order valence-corrected chi connectivity index (χ0v) is 11.2. The number of rotatable bonds is 0. The van der Waals surface area contributed by atoms with Crippen molar-refractivity contribution in [2.45, 2.75) is 44.6 Å². The van der Waals surface area contributed by atoms with E-state index >= 15 is 0 Å². The van der Waals surface area contributed by atoms with E-state index < -0.39 is 0 Å². The molecule has 0 unspecified atom stereocenters. The summed E-state index contributed by atoms with van der Waals surface area (Å²) in [7, 11) is 0. The predicted octanol–water partition coefficient (Wildman–Crippen LogP) is 3.49. The molecule has 2 heterocycles. The molecule has 0 aromatic rings. The topological polar surface area (TPSA) is 12.0 Å². The Kier molecular flexibility index (Phi) is 2.45. The SMILES string of the molecule is C1=CC2=C(C[C@H]3NCC[C@@]24CCCC[C@@H]34)SC1. The molecule has 4 rings (SSSR count). The highest BCUT2D eigenvalue weighted by Gasteiger charge is 2.52. The molecule has 0 aromatic heterocycles. The maximum atomic E-state index is 3.81. The van der Waals surface area contributed by atoms with Gasteiger partial charge in [-0.3, -0.25) is 0 Å². The van der Waals surface area contributed by atoms with Gasteiger partial charge in [0.25, 0.3) is 0 Å². The van der Waals surface area contributed by atoms with Gasteiger partial charge in [0.1, 0.15) is 0 Å². The molecule has 1 N–H and O–H groups in total. The molecule has 4 aliphatic rings. The van der Waals surface area contributed by atoms with Gasteiger partial charge in [-0.25, -0.2) is 0 Å². The van der Waals surface area contributed by atoms with Crippen molar-refractivity contribution in [1.29, 1.82) is 0 Å².